The first kappa shape index (κ1) is 13.6. The predicted molar refractivity (Wildman–Crippen MR) is 60.6 cm³/mol. The Balaban J connectivity index is 2.34. The third-order valence-electron chi connectivity index (χ3n) is 3.42. The molecule has 0 saturated heterocycles. The van der Waals surface area contributed by atoms with E-state index in [-0.39, 0.29) is 36.3 Å². The summed E-state index contributed by atoms with van der Waals surface area (Å²) in [7, 11) is 0. The Hall–Kier alpha value is -0.810. The van der Waals surface area contributed by atoms with E-state index < -0.39 is 23.1 Å². The van der Waals surface area contributed by atoms with Crippen molar-refractivity contribution in [1.82, 2.24) is 0 Å². The largest absolute Gasteiger partial charge is 0.321 e. The quantitative estimate of drug-likeness (QED) is 0.611. The van der Waals surface area contributed by atoms with E-state index in [0.717, 1.165) is 12.1 Å². The molecule has 0 radical (unpaired) electrons. The Labute approximate surface area is 107 Å². The van der Waals surface area contributed by atoms with Crippen LogP contribution in [0.2, 0.25) is 5.02 Å². The van der Waals surface area contributed by atoms with E-state index in [0.29, 0.717) is 0 Å². The number of nitrogens with two attached hydrogens (primary N) is 1. The minimum Gasteiger partial charge on any atom is -0.321 e. The summed E-state index contributed by atoms with van der Waals surface area (Å²) in [6.45, 7) is 0. The Kier molecular flexibility index (Phi) is 3.32. The van der Waals surface area contributed by atoms with Crippen LogP contribution in [0.3, 0.4) is 0 Å². The highest BCUT2D eigenvalue weighted by Crippen LogP contribution is 2.44. The summed E-state index contributed by atoms with van der Waals surface area (Å²) < 4.78 is 52.3. The summed E-state index contributed by atoms with van der Waals surface area (Å²) in [4.78, 5) is 0. The van der Waals surface area contributed by atoms with Crippen molar-refractivity contribution in [3.05, 3.63) is 34.4 Å². The Morgan fingerprint density at radius 2 is 1.50 bits per heavy atom. The number of alkyl halides is 2. The monoisotopic (exact) mass is 281 g/mol. The van der Waals surface area contributed by atoms with E-state index in [1.54, 1.807) is 0 Å². The highest BCUT2D eigenvalue weighted by atomic mass is 35.5. The summed E-state index contributed by atoms with van der Waals surface area (Å²) in [5.41, 5.74) is 5.09. The molecule has 1 nitrogen and oxygen atoms in total. The van der Waals surface area contributed by atoms with Crippen molar-refractivity contribution in [3.8, 4) is 0 Å². The van der Waals surface area contributed by atoms with Crippen LogP contribution < -0.4 is 5.73 Å². The van der Waals surface area contributed by atoms with Gasteiger partial charge in [-0.15, -0.1) is 0 Å². The summed E-state index contributed by atoms with van der Waals surface area (Å²) in [5, 5.41) is -0.0263. The smallest absolute Gasteiger partial charge is 0.248 e. The first-order valence-electron chi connectivity index (χ1n) is 5.55. The van der Waals surface area contributed by atoms with Gasteiger partial charge in [0, 0.05) is 23.4 Å². The third-order valence-corrected chi connectivity index (χ3v) is 3.73. The lowest BCUT2D eigenvalue weighted by molar-refractivity contribution is -0.0514. The van der Waals surface area contributed by atoms with Gasteiger partial charge in [0.05, 0.1) is 0 Å². The van der Waals surface area contributed by atoms with Crippen LogP contribution in [0, 0.1) is 11.6 Å². The van der Waals surface area contributed by atoms with Crippen molar-refractivity contribution in [1.29, 1.82) is 0 Å². The molecule has 0 heterocycles. The molecule has 0 spiro atoms. The molecule has 1 aliphatic rings. The number of hydrogen-bond acceptors (Lipinski definition) is 1. The van der Waals surface area contributed by atoms with E-state index >= 15 is 0 Å². The molecule has 0 atom stereocenters. The summed E-state index contributed by atoms with van der Waals surface area (Å²) in [6.07, 6.45) is -0.771. The van der Waals surface area contributed by atoms with Crippen LogP contribution in [0.5, 0.6) is 0 Å². The lowest BCUT2D eigenvalue weighted by atomic mass is 9.76. The van der Waals surface area contributed by atoms with Crippen LogP contribution in [0.1, 0.15) is 31.2 Å². The maximum Gasteiger partial charge on any atom is 0.248 e. The van der Waals surface area contributed by atoms with E-state index in [2.05, 4.69) is 0 Å². The molecular formula is C12H12ClF4N. The van der Waals surface area contributed by atoms with Gasteiger partial charge in [-0.25, -0.2) is 17.6 Å². The fraction of sp³-hybridized carbons (Fsp3) is 0.500. The number of benzene rings is 1. The molecule has 2 N–H and O–H groups in total. The molecule has 6 heteroatoms. The number of rotatable bonds is 1. The van der Waals surface area contributed by atoms with Gasteiger partial charge in [-0.3, -0.25) is 0 Å². The van der Waals surface area contributed by atoms with Gasteiger partial charge in [0.15, 0.2) is 11.6 Å². The number of halogens is 5. The lowest BCUT2D eigenvalue weighted by Gasteiger charge is -2.38. The summed E-state index contributed by atoms with van der Waals surface area (Å²) in [6, 6.07) is 1.73. The van der Waals surface area contributed by atoms with Gasteiger partial charge in [-0.05, 0) is 30.5 Å². The zero-order valence-electron chi connectivity index (χ0n) is 9.45. The van der Waals surface area contributed by atoms with E-state index in [1.807, 2.05) is 0 Å². The van der Waals surface area contributed by atoms with Crippen LogP contribution in [-0.2, 0) is 5.54 Å². The maximum absolute atomic E-state index is 13.2. The van der Waals surface area contributed by atoms with Crippen molar-refractivity contribution in [2.24, 2.45) is 5.73 Å². The fourth-order valence-electron chi connectivity index (χ4n) is 2.24. The lowest BCUT2D eigenvalue weighted by Crippen LogP contribution is -2.43. The van der Waals surface area contributed by atoms with Gasteiger partial charge in [-0.2, -0.15) is 0 Å². The average Bonchev–Trinajstić information content (AvgIpc) is 2.28. The van der Waals surface area contributed by atoms with Gasteiger partial charge >= 0.3 is 0 Å². The molecule has 1 aliphatic carbocycles. The molecule has 1 fully saturated rings. The Morgan fingerprint density at radius 3 is 2.06 bits per heavy atom. The van der Waals surface area contributed by atoms with E-state index in [1.165, 1.54) is 0 Å². The van der Waals surface area contributed by atoms with Crippen molar-refractivity contribution >= 4 is 11.6 Å². The standard InChI is InChI=1S/C12H12ClF4N/c13-8-6-10(15)9(14)5-7(8)11(18)1-3-12(16,17)4-2-11/h5-6H,1-4,18H2. The summed E-state index contributed by atoms with van der Waals surface area (Å²) >= 11 is 5.82. The minimum absolute atomic E-state index is 0.00913. The van der Waals surface area contributed by atoms with Gasteiger partial charge in [0.25, 0.3) is 0 Å². The van der Waals surface area contributed by atoms with Gasteiger partial charge in [-0.1, -0.05) is 11.6 Å². The highest BCUT2D eigenvalue weighted by molar-refractivity contribution is 6.31. The molecule has 18 heavy (non-hydrogen) atoms. The molecule has 0 unspecified atom stereocenters. The van der Waals surface area contributed by atoms with Gasteiger partial charge in [0.1, 0.15) is 0 Å². The van der Waals surface area contributed by atoms with Gasteiger partial charge in [0.2, 0.25) is 5.92 Å². The molecule has 0 aromatic heterocycles. The normalized spacial score (nSPS) is 21.9. The Morgan fingerprint density at radius 1 is 1.00 bits per heavy atom. The molecule has 100 valence electrons. The minimum atomic E-state index is -2.74. The second kappa shape index (κ2) is 4.38. The average molecular weight is 282 g/mol. The van der Waals surface area contributed by atoms with E-state index in [4.69, 9.17) is 17.3 Å². The van der Waals surface area contributed by atoms with Crippen LogP contribution in [-0.4, -0.2) is 5.92 Å². The number of hydrogen-bond donors (Lipinski definition) is 1. The van der Waals surface area contributed by atoms with Crippen molar-refractivity contribution in [3.63, 3.8) is 0 Å². The molecule has 1 aromatic rings. The molecule has 1 aromatic carbocycles. The molecule has 0 amide bonds. The second-order valence-electron chi connectivity index (χ2n) is 4.76. The second-order valence-corrected chi connectivity index (χ2v) is 5.17. The third kappa shape index (κ3) is 2.47. The maximum atomic E-state index is 13.2. The zero-order valence-corrected chi connectivity index (χ0v) is 10.2. The molecule has 0 bridgehead atoms. The molecule has 2 rings (SSSR count). The SMILES string of the molecule is NC1(c2cc(F)c(F)cc2Cl)CCC(F)(F)CC1. The van der Waals surface area contributed by atoms with Crippen molar-refractivity contribution < 1.29 is 17.6 Å². The van der Waals surface area contributed by atoms with Crippen molar-refractivity contribution in [2.75, 3.05) is 0 Å². The predicted octanol–water partition coefficient (Wildman–Crippen LogP) is 3.98. The molecule has 1 saturated carbocycles. The van der Waals surface area contributed by atoms with Crippen molar-refractivity contribution in [2.45, 2.75) is 37.1 Å². The first-order valence-corrected chi connectivity index (χ1v) is 5.93. The zero-order chi connectivity index (χ0) is 13.6. The van der Waals surface area contributed by atoms with Crippen LogP contribution in [0.4, 0.5) is 17.6 Å². The van der Waals surface area contributed by atoms with E-state index in [9.17, 15) is 17.6 Å². The van der Waals surface area contributed by atoms with Gasteiger partial charge < -0.3 is 5.73 Å². The van der Waals surface area contributed by atoms with Crippen LogP contribution in [0.25, 0.3) is 0 Å². The topological polar surface area (TPSA) is 26.0 Å². The molecular weight excluding hydrogens is 270 g/mol. The fourth-order valence-corrected chi connectivity index (χ4v) is 2.57. The van der Waals surface area contributed by atoms with Crippen LogP contribution in [0.15, 0.2) is 12.1 Å². The first-order chi connectivity index (χ1) is 8.23. The molecule has 0 aliphatic heterocycles. The highest BCUT2D eigenvalue weighted by Gasteiger charge is 2.43. The summed E-state index contributed by atoms with van der Waals surface area (Å²) in [5.74, 6) is -4.89. The Bertz CT molecular complexity index is 465. The van der Waals surface area contributed by atoms with Crippen LogP contribution >= 0.6 is 11.6 Å².